The predicted octanol–water partition coefficient (Wildman–Crippen LogP) is 15.1. The van der Waals surface area contributed by atoms with Crippen LogP contribution >= 0.6 is 11.3 Å². The molecule has 2 heterocycles. The lowest BCUT2D eigenvalue weighted by Crippen LogP contribution is -2.10. The maximum atomic E-state index is 6.85. The minimum absolute atomic E-state index is 0.877. The third-order valence-corrected chi connectivity index (χ3v) is 11.9. The van der Waals surface area contributed by atoms with E-state index < -0.39 is 0 Å². The number of furan rings is 1. The Balaban J connectivity index is 1.18. The van der Waals surface area contributed by atoms with Crippen molar-refractivity contribution in [3.8, 4) is 22.3 Å². The molecular formula is C50H31NOS. The highest BCUT2D eigenvalue weighted by molar-refractivity contribution is 7.26. The van der Waals surface area contributed by atoms with Gasteiger partial charge in [-0.3, -0.25) is 0 Å². The molecule has 3 heteroatoms. The molecule has 0 fully saturated rings. The van der Waals surface area contributed by atoms with Crippen LogP contribution in [0, 0.1) is 0 Å². The number of rotatable bonds is 5. The standard InChI is InChI=1S/C50H31NOS/c1-2-11-32(12-3-1)33-21-23-35(24-22-33)40-29-30-44(48-43-16-6-8-19-46(43)52-49(40)48)51(45-18-10-17-42-41-15-7-9-20-47(41)53-50(42)45)37-27-28-39-36(31-37)26-25-34-13-4-5-14-38(34)39/h1-31H. The SMILES string of the molecule is c1ccc(-c2ccc(-c3ccc(N(c4ccc5c(ccc6ccccc65)c4)c4cccc5c4sc4ccccc45)c4c3oc3ccccc34)cc2)cc1. The topological polar surface area (TPSA) is 16.4 Å². The monoisotopic (exact) mass is 693 g/mol. The van der Waals surface area contributed by atoms with E-state index in [2.05, 4.69) is 193 Å². The molecule has 2 aromatic heterocycles. The summed E-state index contributed by atoms with van der Waals surface area (Å²) in [6.07, 6.45) is 0. The highest BCUT2D eigenvalue weighted by Crippen LogP contribution is 2.50. The quantitative estimate of drug-likeness (QED) is 0.167. The molecule has 0 amide bonds. The highest BCUT2D eigenvalue weighted by atomic mass is 32.1. The van der Waals surface area contributed by atoms with Crippen LogP contribution in [0.5, 0.6) is 0 Å². The molecule has 0 N–H and O–H groups in total. The predicted molar refractivity (Wildman–Crippen MR) is 227 cm³/mol. The zero-order chi connectivity index (χ0) is 34.9. The molecule has 0 aliphatic carbocycles. The largest absolute Gasteiger partial charge is 0.455 e. The second-order valence-corrected chi connectivity index (χ2v) is 14.7. The first-order valence-corrected chi connectivity index (χ1v) is 18.8. The average Bonchev–Trinajstić information content (AvgIpc) is 3.81. The molecule has 0 spiro atoms. The van der Waals surface area contributed by atoms with Crippen LogP contribution in [0.15, 0.2) is 192 Å². The molecular weight excluding hydrogens is 663 g/mol. The Morgan fingerprint density at radius 3 is 1.98 bits per heavy atom. The maximum absolute atomic E-state index is 6.85. The van der Waals surface area contributed by atoms with Gasteiger partial charge in [-0.05, 0) is 80.7 Å². The number of nitrogens with zero attached hydrogens (tertiary/aromatic N) is 1. The molecule has 11 aromatic rings. The Bertz CT molecular complexity index is 3170. The molecule has 0 radical (unpaired) electrons. The number of hydrogen-bond donors (Lipinski definition) is 0. The van der Waals surface area contributed by atoms with Gasteiger partial charge in [0, 0.05) is 32.1 Å². The summed E-state index contributed by atoms with van der Waals surface area (Å²) in [4.78, 5) is 2.46. The van der Waals surface area contributed by atoms with Gasteiger partial charge in [-0.2, -0.15) is 0 Å². The summed E-state index contributed by atoms with van der Waals surface area (Å²) in [7, 11) is 0. The van der Waals surface area contributed by atoms with Gasteiger partial charge in [0.25, 0.3) is 0 Å². The lowest BCUT2D eigenvalue weighted by Gasteiger charge is -2.27. The molecule has 0 bridgehead atoms. The van der Waals surface area contributed by atoms with Gasteiger partial charge in [0.2, 0.25) is 0 Å². The van der Waals surface area contributed by atoms with E-state index in [0.717, 1.165) is 50.1 Å². The van der Waals surface area contributed by atoms with Crippen molar-refractivity contribution in [2.75, 3.05) is 4.90 Å². The molecule has 248 valence electrons. The Labute approximate surface area is 310 Å². The van der Waals surface area contributed by atoms with Crippen molar-refractivity contribution in [2.45, 2.75) is 0 Å². The highest BCUT2D eigenvalue weighted by Gasteiger charge is 2.24. The van der Waals surface area contributed by atoms with E-state index >= 15 is 0 Å². The number of fused-ring (bicyclic) bond motifs is 9. The number of hydrogen-bond acceptors (Lipinski definition) is 3. The molecule has 9 aromatic carbocycles. The van der Waals surface area contributed by atoms with Gasteiger partial charge in [-0.25, -0.2) is 0 Å². The van der Waals surface area contributed by atoms with Crippen molar-refractivity contribution in [3.05, 3.63) is 188 Å². The summed E-state index contributed by atoms with van der Waals surface area (Å²) < 4.78 is 9.39. The van der Waals surface area contributed by atoms with E-state index in [1.807, 2.05) is 11.3 Å². The van der Waals surface area contributed by atoms with Crippen LogP contribution in [0.25, 0.3) is 85.9 Å². The van der Waals surface area contributed by atoms with E-state index in [4.69, 9.17) is 4.42 Å². The summed E-state index contributed by atoms with van der Waals surface area (Å²) in [5, 5.41) is 9.72. The molecule has 0 aliphatic rings. The molecule has 11 rings (SSSR count). The van der Waals surface area contributed by atoms with Crippen molar-refractivity contribution in [1.29, 1.82) is 0 Å². The van der Waals surface area contributed by atoms with Gasteiger partial charge in [-0.15, -0.1) is 11.3 Å². The molecule has 2 nitrogen and oxygen atoms in total. The number of para-hydroxylation sites is 1. The summed E-state index contributed by atoms with van der Waals surface area (Å²) in [5.74, 6) is 0. The van der Waals surface area contributed by atoms with E-state index in [1.165, 1.54) is 52.8 Å². The van der Waals surface area contributed by atoms with Crippen LogP contribution < -0.4 is 4.90 Å². The normalized spacial score (nSPS) is 11.8. The first-order chi connectivity index (χ1) is 26.3. The van der Waals surface area contributed by atoms with Crippen LogP contribution in [-0.2, 0) is 0 Å². The summed E-state index contributed by atoms with van der Waals surface area (Å²) in [6.45, 7) is 0. The summed E-state index contributed by atoms with van der Waals surface area (Å²) in [5.41, 5.74) is 9.69. The molecule has 0 aliphatic heterocycles. The van der Waals surface area contributed by atoms with Crippen molar-refractivity contribution in [2.24, 2.45) is 0 Å². The Morgan fingerprint density at radius 2 is 1.09 bits per heavy atom. The van der Waals surface area contributed by atoms with E-state index in [0.29, 0.717) is 0 Å². The second kappa shape index (κ2) is 11.9. The smallest absolute Gasteiger partial charge is 0.145 e. The minimum atomic E-state index is 0.877. The average molecular weight is 694 g/mol. The third-order valence-electron chi connectivity index (χ3n) is 10.7. The van der Waals surface area contributed by atoms with E-state index in [-0.39, 0.29) is 0 Å². The number of benzene rings is 9. The van der Waals surface area contributed by atoms with Crippen molar-refractivity contribution in [3.63, 3.8) is 0 Å². The zero-order valence-electron chi connectivity index (χ0n) is 28.7. The lowest BCUT2D eigenvalue weighted by molar-refractivity contribution is 0.670. The molecule has 0 saturated carbocycles. The van der Waals surface area contributed by atoms with Crippen LogP contribution in [0.1, 0.15) is 0 Å². The van der Waals surface area contributed by atoms with Crippen molar-refractivity contribution < 1.29 is 4.42 Å². The third kappa shape index (κ3) is 4.78. The van der Waals surface area contributed by atoms with Gasteiger partial charge < -0.3 is 9.32 Å². The van der Waals surface area contributed by atoms with Crippen molar-refractivity contribution in [1.82, 2.24) is 0 Å². The molecule has 0 unspecified atom stereocenters. The van der Waals surface area contributed by atoms with Gasteiger partial charge in [0.15, 0.2) is 0 Å². The second-order valence-electron chi connectivity index (χ2n) is 13.7. The van der Waals surface area contributed by atoms with Gasteiger partial charge >= 0.3 is 0 Å². The van der Waals surface area contributed by atoms with Crippen LogP contribution in [-0.4, -0.2) is 0 Å². The Hall–Kier alpha value is -6.68. The van der Waals surface area contributed by atoms with Crippen LogP contribution in [0.2, 0.25) is 0 Å². The fourth-order valence-electron chi connectivity index (χ4n) is 8.15. The fourth-order valence-corrected chi connectivity index (χ4v) is 9.36. The van der Waals surface area contributed by atoms with Gasteiger partial charge in [0.1, 0.15) is 11.2 Å². The lowest BCUT2D eigenvalue weighted by atomic mass is 9.97. The van der Waals surface area contributed by atoms with Crippen molar-refractivity contribution >= 4 is 92.1 Å². The molecule has 0 saturated heterocycles. The summed E-state index contributed by atoms with van der Waals surface area (Å²) in [6, 6.07) is 67.9. The maximum Gasteiger partial charge on any atom is 0.145 e. The minimum Gasteiger partial charge on any atom is -0.455 e. The Kier molecular flexibility index (Phi) is 6.76. The first-order valence-electron chi connectivity index (χ1n) is 18.0. The molecule has 53 heavy (non-hydrogen) atoms. The van der Waals surface area contributed by atoms with Gasteiger partial charge in [-0.1, -0.05) is 146 Å². The summed E-state index contributed by atoms with van der Waals surface area (Å²) >= 11 is 1.86. The van der Waals surface area contributed by atoms with Crippen LogP contribution in [0.3, 0.4) is 0 Å². The van der Waals surface area contributed by atoms with Crippen LogP contribution in [0.4, 0.5) is 17.1 Å². The number of thiophene rings is 1. The van der Waals surface area contributed by atoms with E-state index in [1.54, 1.807) is 0 Å². The first kappa shape index (κ1) is 30.0. The number of anilines is 3. The van der Waals surface area contributed by atoms with E-state index in [9.17, 15) is 0 Å². The Morgan fingerprint density at radius 1 is 0.415 bits per heavy atom. The zero-order valence-corrected chi connectivity index (χ0v) is 29.5. The van der Waals surface area contributed by atoms with Gasteiger partial charge in [0.05, 0.1) is 21.5 Å². The fraction of sp³-hybridized carbons (Fsp3) is 0. The molecule has 0 atom stereocenters.